The molecule has 120 valence electrons. The molecule has 0 aromatic carbocycles. The number of rotatable bonds is 0. The summed E-state index contributed by atoms with van der Waals surface area (Å²) in [5.74, 6) is 0.161. The topological polar surface area (TPSA) is 52.6 Å². The summed E-state index contributed by atoms with van der Waals surface area (Å²) in [4.78, 5) is 23.7. The minimum Gasteiger partial charge on any atom is -0.466 e. The Morgan fingerprint density at radius 1 is 0.762 bits per heavy atom. The van der Waals surface area contributed by atoms with Crippen LogP contribution in [0.5, 0.6) is 0 Å². The average Bonchev–Trinajstić information content (AvgIpc) is 2.45. The lowest BCUT2D eigenvalue weighted by atomic mass is 9.97. The minimum absolute atomic E-state index is 0.0111. The number of hydrogen-bond donors (Lipinski definition) is 0. The SMILES string of the molecule is O=C1CCCCCCCCOC(=O)C[C@H]2CCC[C@@H](C1)O2. The number of Topliss-reactive ketones (excluding diaryl/α,β-unsaturated/α-hetero) is 1. The van der Waals surface area contributed by atoms with Crippen LogP contribution in [0.2, 0.25) is 0 Å². The molecule has 2 saturated heterocycles. The van der Waals surface area contributed by atoms with Gasteiger partial charge in [-0.15, -0.1) is 0 Å². The van der Waals surface area contributed by atoms with E-state index in [1.54, 1.807) is 0 Å². The van der Waals surface area contributed by atoms with Gasteiger partial charge >= 0.3 is 5.97 Å². The third kappa shape index (κ3) is 6.60. The van der Waals surface area contributed by atoms with Crippen molar-refractivity contribution in [3.63, 3.8) is 0 Å². The largest absolute Gasteiger partial charge is 0.466 e. The lowest BCUT2D eigenvalue weighted by Crippen LogP contribution is -2.31. The molecule has 2 aliphatic rings. The molecule has 0 aromatic rings. The fraction of sp³-hybridized carbons (Fsp3) is 0.882. The molecule has 4 nitrogen and oxygen atoms in total. The van der Waals surface area contributed by atoms with Gasteiger partial charge in [-0.1, -0.05) is 25.7 Å². The van der Waals surface area contributed by atoms with Crippen LogP contribution in [0.15, 0.2) is 0 Å². The van der Waals surface area contributed by atoms with Crippen LogP contribution < -0.4 is 0 Å². The van der Waals surface area contributed by atoms with E-state index in [1.165, 1.54) is 12.8 Å². The number of ether oxygens (including phenoxy) is 2. The van der Waals surface area contributed by atoms with Crippen LogP contribution in [0.1, 0.15) is 77.0 Å². The fourth-order valence-electron chi connectivity index (χ4n) is 3.20. The van der Waals surface area contributed by atoms with Crippen molar-refractivity contribution >= 4 is 11.8 Å². The van der Waals surface area contributed by atoms with E-state index in [0.717, 1.165) is 44.9 Å². The van der Waals surface area contributed by atoms with Gasteiger partial charge in [-0.3, -0.25) is 9.59 Å². The third-order valence-corrected chi connectivity index (χ3v) is 4.40. The summed E-state index contributed by atoms with van der Waals surface area (Å²) in [5, 5.41) is 0. The second-order valence-electron chi connectivity index (χ2n) is 6.35. The van der Waals surface area contributed by atoms with Gasteiger partial charge in [0.05, 0.1) is 25.2 Å². The molecule has 0 aromatic heterocycles. The Labute approximate surface area is 127 Å². The van der Waals surface area contributed by atoms with Gasteiger partial charge in [0.1, 0.15) is 5.78 Å². The molecule has 0 N–H and O–H groups in total. The van der Waals surface area contributed by atoms with Crippen molar-refractivity contribution in [3.8, 4) is 0 Å². The van der Waals surface area contributed by atoms with E-state index in [4.69, 9.17) is 9.47 Å². The van der Waals surface area contributed by atoms with Gasteiger partial charge < -0.3 is 9.47 Å². The molecule has 0 saturated carbocycles. The van der Waals surface area contributed by atoms with Crippen molar-refractivity contribution in [1.29, 1.82) is 0 Å². The Balaban J connectivity index is 1.84. The fourth-order valence-corrected chi connectivity index (χ4v) is 3.20. The van der Waals surface area contributed by atoms with Crippen molar-refractivity contribution < 1.29 is 19.1 Å². The first-order chi connectivity index (χ1) is 10.2. The van der Waals surface area contributed by atoms with Crippen molar-refractivity contribution in [3.05, 3.63) is 0 Å². The summed E-state index contributed by atoms with van der Waals surface area (Å²) in [6.45, 7) is 0.535. The number of hydrogen-bond acceptors (Lipinski definition) is 4. The number of esters is 1. The predicted molar refractivity (Wildman–Crippen MR) is 80.0 cm³/mol. The molecule has 0 radical (unpaired) electrons. The number of carbonyl (C=O) groups is 2. The van der Waals surface area contributed by atoms with Crippen molar-refractivity contribution in [1.82, 2.24) is 0 Å². The molecule has 2 heterocycles. The van der Waals surface area contributed by atoms with Gasteiger partial charge in [0, 0.05) is 12.8 Å². The van der Waals surface area contributed by atoms with Crippen molar-refractivity contribution in [2.24, 2.45) is 0 Å². The summed E-state index contributed by atoms with van der Waals surface area (Å²) in [6, 6.07) is 0. The van der Waals surface area contributed by atoms with Gasteiger partial charge in [-0.2, -0.15) is 0 Å². The summed E-state index contributed by atoms with van der Waals surface area (Å²) >= 11 is 0. The second kappa shape index (κ2) is 9.19. The molecule has 0 aliphatic carbocycles. The van der Waals surface area contributed by atoms with Crippen molar-refractivity contribution in [2.45, 2.75) is 89.3 Å². The van der Waals surface area contributed by atoms with Crippen LogP contribution in [0.25, 0.3) is 0 Å². The van der Waals surface area contributed by atoms with E-state index in [2.05, 4.69) is 0 Å². The Morgan fingerprint density at radius 2 is 1.43 bits per heavy atom. The predicted octanol–water partition coefficient (Wildman–Crippen LogP) is 3.56. The van der Waals surface area contributed by atoms with E-state index in [-0.39, 0.29) is 18.2 Å². The average molecular weight is 296 g/mol. The summed E-state index contributed by atoms with van der Waals surface area (Å²) in [5.41, 5.74) is 0. The molecule has 2 rings (SSSR count). The van der Waals surface area contributed by atoms with Crippen LogP contribution in [-0.2, 0) is 19.1 Å². The van der Waals surface area contributed by atoms with Gasteiger partial charge in [-0.25, -0.2) is 0 Å². The van der Waals surface area contributed by atoms with Crippen LogP contribution in [0, 0.1) is 0 Å². The Bertz CT molecular complexity index is 310. The standard InChI is InChI=1S/C17H28O4/c18-14-8-5-3-1-2-4-6-11-20-17(19)13-16-10-7-9-15(12-14)21-16/h15-16H,1-13H2/t15-,16+/m0/s1. The number of ketones is 1. The Morgan fingerprint density at radius 3 is 2.24 bits per heavy atom. The highest BCUT2D eigenvalue weighted by molar-refractivity contribution is 5.78. The van der Waals surface area contributed by atoms with Crippen LogP contribution in [0.4, 0.5) is 0 Å². The maximum Gasteiger partial charge on any atom is 0.308 e. The molecule has 0 spiro atoms. The quantitative estimate of drug-likeness (QED) is 0.641. The highest BCUT2D eigenvalue weighted by Crippen LogP contribution is 2.24. The van der Waals surface area contributed by atoms with Crippen LogP contribution >= 0.6 is 0 Å². The number of cyclic esters (lactones) is 1. The molecule has 2 bridgehead atoms. The van der Waals surface area contributed by atoms with E-state index in [0.29, 0.717) is 31.7 Å². The first-order valence-corrected chi connectivity index (χ1v) is 8.57. The van der Waals surface area contributed by atoms with Gasteiger partial charge in [0.15, 0.2) is 0 Å². The molecule has 0 unspecified atom stereocenters. The van der Waals surface area contributed by atoms with Gasteiger partial charge in [-0.05, 0) is 32.1 Å². The molecular weight excluding hydrogens is 268 g/mol. The summed E-state index contributed by atoms with van der Waals surface area (Å²) in [7, 11) is 0. The first kappa shape index (κ1) is 16.5. The third-order valence-electron chi connectivity index (χ3n) is 4.40. The zero-order valence-electron chi connectivity index (χ0n) is 13.0. The molecule has 0 amide bonds. The molecule has 2 atom stereocenters. The smallest absolute Gasteiger partial charge is 0.308 e. The van der Waals surface area contributed by atoms with Crippen LogP contribution in [-0.4, -0.2) is 30.6 Å². The van der Waals surface area contributed by atoms with Crippen LogP contribution in [0.3, 0.4) is 0 Å². The maximum atomic E-state index is 12.0. The zero-order chi connectivity index (χ0) is 14.9. The van der Waals surface area contributed by atoms with Gasteiger partial charge in [0.2, 0.25) is 0 Å². The number of carbonyl (C=O) groups excluding carboxylic acids is 2. The molecule has 4 heteroatoms. The van der Waals surface area contributed by atoms with Crippen molar-refractivity contribution in [2.75, 3.05) is 6.61 Å². The lowest BCUT2D eigenvalue weighted by Gasteiger charge is -2.29. The highest BCUT2D eigenvalue weighted by Gasteiger charge is 2.26. The van der Waals surface area contributed by atoms with E-state index in [9.17, 15) is 9.59 Å². The lowest BCUT2D eigenvalue weighted by molar-refractivity contribution is -0.150. The second-order valence-corrected chi connectivity index (χ2v) is 6.35. The van der Waals surface area contributed by atoms with E-state index in [1.807, 2.05) is 0 Å². The highest BCUT2D eigenvalue weighted by atomic mass is 16.5. The molecule has 2 aliphatic heterocycles. The molecule has 2 fully saturated rings. The van der Waals surface area contributed by atoms with E-state index < -0.39 is 0 Å². The Hall–Kier alpha value is -0.900. The van der Waals surface area contributed by atoms with Gasteiger partial charge in [0.25, 0.3) is 0 Å². The number of fused-ring (bicyclic) bond motifs is 2. The normalized spacial score (nSPS) is 30.7. The minimum atomic E-state index is -0.154. The monoisotopic (exact) mass is 296 g/mol. The molecule has 21 heavy (non-hydrogen) atoms. The summed E-state index contributed by atoms with van der Waals surface area (Å²) < 4.78 is 11.2. The first-order valence-electron chi connectivity index (χ1n) is 8.57. The maximum absolute atomic E-state index is 12.0. The molecular formula is C17H28O4. The zero-order valence-corrected chi connectivity index (χ0v) is 13.0. The van der Waals surface area contributed by atoms with E-state index >= 15 is 0 Å². The summed E-state index contributed by atoms with van der Waals surface area (Å²) in [6.07, 6.45) is 10.9. The Kier molecular flexibility index (Phi) is 7.20.